The van der Waals surface area contributed by atoms with E-state index >= 15 is 0 Å². The summed E-state index contributed by atoms with van der Waals surface area (Å²) in [5.74, 6) is 2.17. The number of amides is 1. The van der Waals surface area contributed by atoms with Crippen LogP contribution >= 0.6 is 0 Å². The number of nitrogens with zero attached hydrogens (tertiary/aromatic N) is 5. The van der Waals surface area contributed by atoms with Gasteiger partial charge in [-0.3, -0.25) is 9.69 Å². The Morgan fingerprint density at radius 3 is 2.68 bits per heavy atom. The van der Waals surface area contributed by atoms with E-state index in [0.717, 1.165) is 63.9 Å². The second kappa shape index (κ2) is 7.39. The van der Waals surface area contributed by atoms with Gasteiger partial charge in [0.15, 0.2) is 0 Å². The lowest BCUT2D eigenvalue weighted by Crippen LogP contribution is -2.53. The van der Waals surface area contributed by atoms with Crippen LogP contribution in [0.5, 0.6) is 0 Å². The van der Waals surface area contributed by atoms with Gasteiger partial charge in [0, 0.05) is 39.1 Å². The maximum absolute atomic E-state index is 12.5. The molecular formula is C17H30N6O2. The van der Waals surface area contributed by atoms with Crippen molar-refractivity contribution in [2.75, 3.05) is 39.4 Å². The molecule has 2 fully saturated rings. The van der Waals surface area contributed by atoms with Crippen molar-refractivity contribution < 1.29 is 9.53 Å². The van der Waals surface area contributed by atoms with E-state index in [2.05, 4.69) is 19.7 Å². The van der Waals surface area contributed by atoms with E-state index in [0.29, 0.717) is 6.54 Å². The number of carbonyl (C=O) groups excluding carboxylic acids is 1. The van der Waals surface area contributed by atoms with Crippen LogP contribution in [0, 0.1) is 0 Å². The van der Waals surface area contributed by atoms with E-state index in [1.165, 1.54) is 0 Å². The van der Waals surface area contributed by atoms with Crippen molar-refractivity contribution in [1.82, 2.24) is 24.6 Å². The van der Waals surface area contributed by atoms with E-state index in [-0.39, 0.29) is 11.8 Å². The van der Waals surface area contributed by atoms with Crippen LogP contribution in [0.15, 0.2) is 0 Å². The Bertz CT molecular complexity index is 603. The highest BCUT2D eigenvalue weighted by molar-refractivity contribution is 5.85. The van der Waals surface area contributed by atoms with Gasteiger partial charge in [0.25, 0.3) is 0 Å². The highest BCUT2D eigenvalue weighted by Crippen LogP contribution is 2.27. The van der Waals surface area contributed by atoms with Gasteiger partial charge >= 0.3 is 0 Å². The van der Waals surface area contributed by atoms with E-state index in [1.54, 1.807) is 13.8 Å². The summed E-state index contributed by atoms with van der Waals surface area (Å²) in [6, 6.07) is 0. The highest BCUT2D eigenvalue weighted by Gasteiger charge is 2.33. The molecule has 1 atom stereocenters. The first kappa shape index (κ1) is 18.3. The monoisotopic (exact) mass is 350 g/mol. The lowest BCUT2D eigenvalue weighted by molar-refractivity contribution is -0.137. The minimum Gasteiger partial charge on any atom is -0.379 e. The molecule has 2 aliphatic heterocycles. The molecule has 1 aromatic heterocycles. The van der Waals surface area contributed by atoms with Gasteiger partial charge in [0.1, 0.15) is 11.6 Å². The summed E-state index contributed by atoms with van der Waals surface area (Å²) in [7, 11) is 2.03. The maximum atomic E-state index is 12.5. The Kier molecular flexibility index (Phi) is 5.41. The van der Waals surface area contributed by atoms with E-state index in [1.807, 2.05) is 11.9 Å². The number of nitrogens with two attached hydrogens (primary N) is 1. The second-order valence-electron chi connectivity index (χ2n) is 7.73. The molecule has 2 saturated heterocycles. The summed E-state index contributed by atoms with van der Waals surface area (Å²) < 4.78 is 7.50. The first-order valence-electron chi connectivity index (χ1n) is 9.13. The largest absolute Gasteiger partial charge is 0.379 e. The van der Waals surface area contributed by atoms with Crippen LogP contribution < -0.4 is 5.73 Å². The predicted octanol–water partition coefficient (Wildman–Crippen LogP) is 0.0906. The zero-order chi connectivity index (χ0) is 18.0. The molecule has 2 aliphatic rings. The summed E-state index contributed by atoms with van der Waals surface area (Å²) in [6.07, 6.45) is 2.00. The van der Waals surface area contributed by atoms with E-state index in [4.69, 9.17) is 10.5 Å². The van der Waals surface area contributed by atoms with Crippen LogP contribution in [0.2, 0.25) is 0 Å². The van der Waals surface area contributed by atoms with Crippen molar-refractivity contribution in [2.24, 2.45) is 12.8 Å². The van der Waals surface area contributed by atoms with Crippen LogP contribution in [-0.4, -0.2) is 75.4 Å². The molecule has 0 bridgehead atoms. The molecule has 3 rings (SSSR count). The molecule has 0 aliphatic carbocycles. The third-order valence-corrected chi connectivity index (χ3v) is 5.09. The van der Waals surface area contributed by atoms with Gasteiger partial charge in [0.05, 0.1) is 25.3 Å². The third-order valence-electron chi connectivity index (χ3n) is 5.09. The predicted molar refractivity (Wildman–Crippen MR) is 93.9 cm³/mol. The summed E-state index contributed by atoms with van der Waals surface area (Å²) in [5.41, 5.74) is 5.16. The van der Waals surface area contributed by atoms with Crippen molar-refractivity contribution >= 4 is 5.91 Å². The highest BCUT2D eigenvalue weighted by atomic mass is 16.5. The van der Waals surface area contributed by atoms with Crippen molar-refractivity contribution in [1.29, 1.82) is 0 Å². The molecule has 1 amide bonds. The number of hydrogen-bond acceptors (Lipinski definition) is 6. The van der Waals surface area contributed by atoms with Gasteiger partial charge in [0.2, 0.25) is 5.91 Å². The average Bonchev–Trinajstić information content (AvgIpc) is 2.95. The average molecular weight is 350 g/mol. The van der Waals surface area contributed by atoms with Gasteiger partial charge in [-0.1, -0.05) is 0 Å². The number of likely N-dealkylation sites (tertiary alicyclic amines) is 1. The van der Waals surface area contributed by atoms with Crippen LogP contribution in [0.1, 0.15) is 44.3 Å². The fraction of sp³-hybridized carbons (Fsp3) is 0.824. The fourth-order valence-corrected chi connectivity index (χ4v) is 3.61. The van der Waals surface area contributed by atoms with Crippen LogP contribution in [0.4, 0.5) is 0 Å². The van der Waals surface area contributed by atoms with Gasteiger partial charge in [-0.25, -0.2) is 0 Å². The maximum Gasteiger partial charge on any atom is 0.242 e. The van der Waals surface area contributed by atoms with Crippen molar-refractivity contribution in [3.63, 3.8) is 0 Å². The number of rotatable bonds is 4. The summed E-state index contributed by atoms with van der Waals surface area (Å²) >= 11 is 0. The molecule has 8 heteroatoms. The Labute approximate surface area is 149 Å². The van der Waals surface area contributed by atoms with Gasteiger partial charge in [-0.05, 0) is 26.7 Å². The molecule has 1 aromatic rings. The lowest BCUT2D eigenvalue weighted by Gasteiger charge is -2.36. The standard InChI is InChI=1S/C17H30N6O2/c1-17(2,18)16(24)23-6-4-5-13(11-23)15-20-19-14(21(15)3)12-22-7-9-25-10-8-22/h13H,4-12,18H2,1-3H3. The number of aromatic nitrogens is 3. The smallest absolute Gasteiger partial charge is 0.242 e. The quantitative estimate of drug-likeness (QED) is 0.828. The van der Waals surface area contributed by atoms with Gasteiger partial charge < -0.3 is 19.9 Å². The molecule has 1 unspecified atom stereocenters. The lowest BCUT2D eigenvalue weighted by atomic mass is 9.95. The Morgan fingerprint density at radius 1 is 1.28 bits per heavy atom. The van der Waals surface area contributed by atoms with Gasteiger partial charge in [-0.15, -0.1) is 10.2 Å². The first-order valence-corrected chi connectivity index (χ1v) is 9.13. The zero-order valence-corrected chi connectivity index (χ0v) is 15.6. The van der Waals surface area contributed by atoms with E-state index < -0.39 is 5.54 Å². The van der Waals surface area contributed by atoms with Crippen molar-refractivity contribution in [3.8, 4) is 0 Å². The topological polar surface area (TPSA) is 89.5 Å². The molecule has 0 spiro atoms. The van der Waals surface area contributed by atoms with Crippen LogP contribution in [0.3, 0.4) is 0 Å². The number of piperidine rings is 1. The molecule has 140 valence electrons. The normalized spacial score (nSPS) is 23.0. The molecule has 2 N–H and O–H groups in total. The molecule has 0 saturated carbocycles. The van der Waals surface area contributed by atoms with Crippen molar-refractivity contribution in [3.05, 3.63) is 11.6 Å². The molecule has 0 aromatic carbocycles. The number of ether oxygens (including phenoxy) is 1. The summed E-state index contributed by atoms with van der Waals surface area (Å²) in [4.78, 5) is 16.7. The minimum absolute atomic E-state index is 0.00732. The Balaban J connectivity index is 1.68. The fourth-order valence-electron chi connectivity index (χ4n) is 3.61. The number of morpholine rings is 1. The number of carbonyl (C=O) groups is 1. The second-order valence-corrected chi connectivity index (χ2v) is 7.73. The molecule has 8 nitrogen and oxygen atoms in total. The minimum atomic E-state index is -0.830. The van der Waals surface area contributed by atoms with Crippen LogP contribution in [-0.2, 0) is 23.1 Å². The SMILES string of the molecule is Cn1c(CN2CCOCC2)nnc1C1CCCN(C(=O)C(C)(C)N)C1. The van der Waals surface area contributed by atoms with Crippen LogP contribution in [0.25, 0.3) is 0 Å². The number of hydrogen-bond donors (Lipinski definition) is 1. The Hall–Kier alpha value is -1.51. The summed E-state index contributed by atoms with van der Waals surface area (Å²) in [6.45, 7) is 9.18. The molecule has 0 radical (unpaired) electrons. The third kappa shape index (κ3) is 4.19. The van der Waals surface area contributed by atoms with Crippen molar-refractivity contribution in [2.45, 2.75) is 44.7 Å². The van der Waals surface area contributed by atoms with Gasteiger partial charge in [-0.2, -0.15) is 0 Å². The Morgan fingerprint density at radius 2 is 2.00 bits per heavy atom. The zero-order valence-electron chi connectivity index (χ0n) is 15.6. The molecular weight excluding hydrogens is 320 g/mol. The molecule has 25 heavy (non-hydrogen) atoms. The molecule has 3 heterocycles. The first-order chi connectivity index (χ1) is 11.9. The van der Waals surface area contributed by atoms with E-state index in [9.17, 15) is 4.79 Å². The summed E-state index contributed by atoms with van der Waals surface area (Å²) in [5, 5.41) is 8.85.